The summed E-state index contributed by atoms with van der Waals surface area (Å²) in [5.74, 6) is -0.144. The van der Waals surface area contributed by atoms with Gasteiger partial charge in [0.2, 0.25) is 11.8 Å². The minimum Gasteiger partial charge on any atom is -0.356 e. The molecule has 1 saturated heterocycles. The molecule has 158 valence electrons. The van der Waals surface area contributed by atoms with Crippen LogP contribution in [0.15, 0.2) is 48.5 Å². The Hall–Kier alpha value is -3.68. The number of nitrogens with one attached hydrogen (secondary N) is 1. The molecule has 3 aromatic rings. The number of carbonyl (C=O) groups excluding carboxylic acids is 2. The highest BCUT2D eigenvalue weighted by Gasteiger charge is 2.48. The van der Waals surface area contributed by atoms with Crippen LogP contribution in [0.4, 0.5) is 5.69 Å². The van der Waals surface area contributed by atoms with E-state index in [0.29, 0.717) is 13.0 Å². The van der Waals surface area contributed by atoms with E-state index in [1.54, 1.807) is 21.9 Å². The number of piperazine rings is 1. The maximum absolute atomic E-state index is 13.3. The van der Waals surface area contributed by atoms with Crippen molar-refractivity contribution in [3.8, 4) is 0 Å². The molecule has 1 aromatic heterocycles. The molecule has 8 nitrogen and oxygen atoms in total. The number of nitro benzene ring substituents is 1. The Morgan fingerprint density at radius 3 is 2.58 bits per heavy atom. The molecule has 0 bridgehead atoms. The lowest BCUT2D eigenvalue weighted by atomic mass is 9.86. The van der Waals surface area contributed by atoms with Gasteiger partial charge >= 0.3 is 0 Å². The smallest absolute Gasteiger partial charge is 0.269 e. The Kier molecular flexibility index (Phi) is 4.50. The minimum absolute atomic E-state index is 0.0110. The Labute approximate surface area is 178 Å². The van der Waals surface area contributed by atoms with Gasteiger partial charge in [0.1, 0.15) is 6.04 Å². The van der Waals surface area contributed by atoms with Crippen molar-refractivity contribution in [2.24, 2.45) is 0 Å². The van der Waals surface area contributed by atoms with Gasteiger partial charge < -0.3 is 14.8 Å². The van der Waals surface area contributed by atoms with Crippen molar-refractivity contribution >= 4 is 28.4 Å². The van der Waals surface area contributed by atoms with E-state index in [4.69, 9.17) is 0 Å². The first kappa shape index (κ1) is 19.3. The van der Waals surface area contributed by atoms with Crippen LogP contribution in [0.5, 0.6) is 0 Å². The standard InChI is InChI=1S/C23H22N4O4/c1-2-11-25-13-20(28)26-19(23(25)29)12-17-16-5-3-4-6-18(16)24-21(17)22(26)14-7-9-15(10-8-14)27(30)31/h3-10,19,22,24H,2,11-13H2,1H3/t19-,22-/m1/s1. The second-order valence-electron chi connectivity index (χ2n) is 8.09. The number of benzene rings is 2. The summed E-state index contributed by atoms with van der Waals surface area (Å²) in [7, 11) is 0. The lowest BCUT2D eigenvalue weighted by Crippen LogP contribution is -2.63. The lowest BCUT2D eigenvalue weighted by molar-refractivity contribution is -0.384. The number of rotatable bonds is 4. The molecule has 3 heterocycles. The second-order valence-corrected chi connectivity index (χ2v) is 8.09. The van der Waals surface area contributed by atoms with Gasteiger partial charge in [-0.2, -0.15) is 0 Å². The fourth-order valence-electron chi connectivity index (χ4n) is 4.91. The van der Waals surface area contributed by atoms with Crippen LogP contribution in [-0.4, -0.2) is 50.7 Å². The van der Waals surface area contributed by atoms with E-state index in [1.807, 2.05) is 31.2 Å². The van der Waals surface area contributed by atoms with Crippen molar-refractivity contribution in [1.82, 2.24) is 14.8 Å². The van der Waals surface area contributed by atoms with Crippen LogP contribution < -0.4 is 0 Å². The van der Waals surface area contributed by atoms with Gasteiger partial charge in [-0.1, -0.05) is 25.1 Å². The van der Waals surface area contributed by atoms with Crippen LogP contribution in [0.25, 0.3) is 10.9 Å². The summed E-state index contributed by atoms with van der Waals surface area (Å²) in [6.07, 6.45) is 1.24. The van der Waals surface area contributed by atoms with Gasteiger partial charge in [0.25, 0.3) is 5.69 Å². The third-order valence-corrected chi connectivity index (χ3v) is 6.26. The number of para-hydroxylation sites is 1. The van der Waals surface area contributed by atoms with Crippen LogP contribution in [0.2, 0.25) is 0 Å². The number of aromatic nitrogens is 1. The number of hydrogen-bond donors (Lipinski definition) is 1. The maximum Gasteiger partial charge on any atom is 0.269 e. The first-order valence-corrected chi connectivity index (χ1v) is 10.4. The molecule has 2 aliphatic rings. The molecule has 0 radical (unpaired) electrons. The van der Waals surface area contributed by atoms with E-state index in [-0.39, 0.29) is 24.0 Å². The summed E-state index contributed by atoms with van der Waals surface area (Å²) in [6, 6.07) is 13.1. The zero-order valence-electron chi connectivity index (χ0n) is 17.1. The SMILES string of the molecule is CCCN1CC(=O)N2[C@H](c3ccc([N+](=O)[O-])cc3)c3[nH]c4ccccc4c3C[C@@H]2C1=O. The van der Waals surface area contributed by atoms with Gasteiger partial charge in [0.15, 0.2) is 0 Å². The largest absolute Gasteiger partial charge is 0.356 e. The quantitative estimate of drug-likeness (QED) is 0.520. The Balaban J connectivity index is 1.68. The molecular formula is C23H22N4O4. The molecule has 2 aliphatic heterocycles. The minimum atomic E-state index is -0.584. The van der Waals surface area contributed by atoms with Crippen LogP contribution in [0, 0.1) is 10.1 Å². The number of nitro groups is 1. The fourth-order valence-corrected chi connectivity index (χ4v) is 4.91. The molecule has 31 heavy (non-hydrogen) atoms. The van der Waals surface area contributed by atoms with E-state index in [9.17, 15) is 19.7 Å². The topological polar surface area (TPSA) is 99.5 Å². The highest BCUT2D eigenvalue weighted by Crippen LogP contribution is 2.42. The van der Waals surface area contributed by atoms with Crippen molar-refractivity contribution < 1.29 is 14.5 Å². The van der Waals surface area contributed by atoms with Crippen molar-refractivity contribution in [1.29, 1.82) is 0 Å². The third-order valence-electron chi connectivity index (χ3n) is 6.26. The molecule has 0 aliphatic carbocycles. The molecule has 0 unspecified atom stereocenters. The normalized spacial score (nSPS) is 20.7. The number of fused-ring (bicyclic) bond motifs is 4. The molecule has 0 spiro atoms. The monoisotopic (exact) mass is 418 g/mol. The Morgan fingerprint density at radius 1 is 1.13 bits per heavy atom. The fraction of sp³-hybridized carbons (Fsp3) is 0.304. The number of hydrogen-bond acceptors (Lipinski definition) is 4. The van der Waals surface area contributed by atoms with E-state index in [2.05, 4.69) is 4.98 Å². The first-order chi connectivity index (χ1) is 15.0. The zero-order chi connectivity index (χ0) is 21.7. The molecular weight excluding hydrogens is 396 g/mol. The van der Waals surface area contributed by atoms with E-state index in [1.165, 1.54) is 12.1 Å². The zero-order valence-corrected chi connectivity index (χ0v) is 17.1. The van der Waals surface area contributed by atoms with Crippen molar-refractivity contribution in [2.75, 3.05) is 13.1 Å². The summed E-state index contributed by atoms with van der Waals surface area (Å²) in [6.45, 7) is 2.60. The van der Waals surface area contributed by atoms with E-state index in [0.717, 1.165) is 34.1 Å². The molecule has 1 fully saturated rings. The number of aromatic amines is 1. The van der Waals surface area contributed by atoms with Gasteiger partial charge in [0, 0.05) is 41.7 Å². The van der Waals surface area contributed by atoms with E-state index < -0.39 is 17.0 Å². The molecule has 2 atom stereocenters. The molecule has 1 N–H and O–H groups in total. The molecule has 5 rings (SSSR count). The first-order valence-electron chi connectivity index (χ1n) is 10.4. The van der Waals surface area contributed by atoms with Crippen LogP contribution in [0.1, 0.15) is 36.2 Å². The van der Waals surface area contributed by atoms with Gasteiger partial charge in [-0.05, 0) is 35.7 Å². The van der Waals surface area contributed by atoms with Crippen molar-refractivity contribution in [3.05, 3.63) is 75.5 Å². The molecule has 8 heteroatoms. The van der Waals surface area contributed by atoms with Gasteiger partial charge in [-0.25, -0.2) is 0 Å². The number of nitrogens with zero attached hydrogens (tertiary/aromatic N) is 3. The maximum atomic E-state index is 13.3. The van der Waals surface area contributed by atoms with Gasteiger partial charge in [-0.3, -0.25) is 19.7 Å². The number of non-ortho nitro benzene ring substituents is 1. The second kappa shape index (κ2) is 7.23. The average Bonchev–Trinajstić information content (AvgIpc) is 3.14. The van der Waals surface area contributed by atoms with Crippen LogP contribution in [0.3, 0.4) is 0 Å². The lowest BCUT2D eigenvalue weighted by Gasteiger charge is -2.47. The number of H-pyrrole nitrogens is 1. The number of carbonyl (C=O) groups is 2. The summed E-state index contributed by atoms with van der Waals surface area (Å²) >= 11 is 0. The molecule has 0 saturated carbocycles. The summed E-state index contributed by atoms with van der Waals surface area (Å²) in [5, 5.41) is 12.1. The Morgan fingerprint density at radius 2 is 1.87 bits per heavy atom. The summed E-state index contributed by atoms with van der Waals surface area (Å²) in [4.78, 5) is 44.0. The number of amides is 2. The van der Waals surface area contributed by atoms with Crippen molar-refractivity contribution in [2.45, 2.75) is 31.8 Å². The van der Waals surface area contributed by atoms with Crippen LogP contribution in [-0.2, 0) is 16.0 Å². The summed E-state index contributed by atoms with van der Waals surface area (Å²) < 4.78 is 0. The predicted molar refractivity (Wildman–Crippen MR) is 114 cm³/mol. The van der Waals surface area contributed by atoms with Gasteiger partial charge in [-0.15, -0.1) is 0 Å². The third kappa shape index (κ3) is 2.98. The Bertz CT molecular complexity index is 1200. The average molecular weight is 418 g/mol. The van der Waals surface area contributed by atoms with E-state index >= 15 is 0 Å². The highest BCUT2D eigenvalue weighted by molar-refractivity contribution is 5.97. The molecule has 2 amide bonds. The van der Waals surface area contributed by atoms with Gasteiger partial charge in [0.05, 0.1) is 17.5 Å². The highest BCUT2D eigenvalue weighted by atomic mass is 16.6. The predicted octanol–water partition coefficient (Wildman–Crippen LogP) is 3.17. The van der Waals surface area contributed by atoms with Crippen molar-refractivity contribution in [3.63, 3.8) is 0 Å². The molecule has 2 aromatic carbocycles. The van der Waals surface area contributed by atoms with Crippen LogP contribution >= 0.6 is 0 Å². The summed E-state index contributed by atoms with van der Waals surface area (Å²) in [5.41, 5.74) is 3.58.